The highest BCUT2D eigenvalue weighted by molar-refractivity contribution is 5.55. The molecule has 1 N–H and O–H groups in total. The third-order valence-corrected chi connectivity index (χ3v) is 2.78. The van der Waals surface area contributed by atoms with Crippen LogP contribution in [0.3, 0.4) is 0 Å². The fourth-order valence-corrected chi connectivity index (χ4v) is 1.59. The third kappa shape index (κ3) is 4.23. The molecule has 0 fully saturated rings. The number of ether oxygens (including phenoxy) is 1. The van der Waals surface area contributed by atoms with Gasteiger partial charge in [-0.15, -0.1) is 0 Å². The Morgan fingerprint density at radius 2 is 2.24 bits per heavy atom. The average molecular weight is 237 g/mol. The van der Waals surface area contributed by atoms with Crippen LogP contribution in [-0.4, -0.2) is 38.3 Å². The van der Waals surface area contributed by atoms with Gasteiger partial charge in [0.05, 0.1) is 30.4 Å². The second-order valence-corrected chi connectivity index (χ2v) is 4.27. The summed E-state index contributed by atoms with van der Waals surface area (Å²) in [5, 5.41) is 3.34. The summed E-state index contributed by atoms with van der Waals surface area (Å²) in [7, 11) is 3.78. The molecule has 1 aromatic rings. The van der Waals surface area contributed by atoms with Gasteiger partial charge in [-0.3, -0.25) is 4.98 Å². The topological polar surface area (TPSA) is 37.4 Å². The first kappa shape index (κ1) is 13.8. The average Bonchev–Trinajstić information content (AvgIpc) is 2.36. The van der Waals surface area contributed by atoms with Crippen LogP contribution in [0.25, 0.3) is 0 Å². The molecule has 4 heteroatoms. The van der Waals surface area contributed by atoms with E-state index in [-0.39, 0.29) is 0 Å². The van der Waals surface area contributed by atoms with Gasteiger partial charge in [-0.25, -0.2) is 0 Å². The number of aromatic nitrogens is 1. The molecular formula is C13H23N3O. The van der Waals surface area contributed by atoms with Crippen LogP contribution >= 0.6 is 0 Å². The number of hydrogen-bond acceptors (Lipinski definition) is 4. The number of pyridine rings is 1. The Hall–Kier alpha value is -1.29. The van der Waals surface area contributed by atoms with Crippen molar-refractivity contribution in [2.75, 3.05) is 37.5 Å². The van der Waals surface area contributed by atoms with Crippen LogP contribution in [-0.2, 0) is 4.74 Å². The third-order valence-electron chi connectivity index (χ3n) is 2.78. The second-order valence-electron chi connectivity index (χ2n) is 4.27. The molecule has 0 saturated heterocycles. The van der Waals surface area contributed by atoms with Crippen LogP contribution in [0.4, 0.5) is 11.4 Å². The van der Waals surface area contributed by atoms with Gasteiger partial charge < -0.3 is 15.0 Å². The van der Waals surface area contributed by atoms with Gasteiger partial charge in [-0.1, -0.05) is 6.92 Å². The molecular weight excluding hydrogens is 214 g/mol. The van der Waals surface area contributed by atoms with Crippen LogP contribution in [0.2, 0.25) is 0 Å². The van der Waals surface area contributed by atoms with E-state index in [0.29, 0.717) is 12.6 Å². The Balaban J connectivity index is 2.69. The van der Waals surface area contributed by atoms with E-state index in [2.05, 4.69) is 42.2 Å². The molecule has 17 heavy (non-hydrogen) atoms. The second kappa shape index (κ2) is 7.12. The Kier molecular flexibility index (Phi) is 5.77. The summed E-state index contributed by atoms with van der Waals surface area (Å²) in [6.07, 6.45) is 4.84. The summed E-state index contributed by atoms with van der Waals surface area (Å²) in [6, 6.07) is 2.46. The van der Waals surface area contributed by atoms with Crippen molar-refractivity contribution in [2.45, 2.75) is 26.3 Å². The molecule has 1 aromatic heterocycles. The number of hydrogen-bond donors (Lipinski definition) is 1. The molecule has 0 amide bonds. The summed E-state index contributed by atoms with van der Waals surface area (Å²) in [5.41, 5.74) is 2.18. The van der Waals surface area contributed by atoms with E-state index in [1.807, 2.05) is 12.4 Å². The smallest absolute Gasteiger partial charge is 0.0663 e. The minimum absolute atomic E-state index is 0.336. The van der Waals surface area contributed by atoms with E-state index in [1.54, 1.807) is 7.11 Å². The zero-order chi connectivity index (χ0) is 12.7. The first-order valence-corrected chi connectivity index (χ1v) is 6.09. The Morgan fingerprint density at radius 3 is 2.88 bits per heavy atom. The number of nitrogens with one attached hydrogen (secondary N) is 1. The molecule has 0 radical (unpaired) electrons. The molecule has 0 aliphatic carbocycles. The Bertz CT molecular complexity index is 330. The molecule has 1 unspecified atom stereocenters. The fraction of sp³-hybridized carbons (Fsp3) is 0.615. The summed E-state index contributed by atoms with van der Waals surface area (Å²) < 4.78 is 5.16. The summed E-state index contributed by atoms with van der Waals surface area (Å²) in [6.45, 7) is 5.97. The van der Waals surface area contributed by atoms with E-state index in [0.717, 1.165) is 24.3 Å². The Morgan fingerprint density at radius 1 is 1.47 bits per heavy atom. The largest absolute Gasteiger partial charge is 0.384 e. The number of nitrogens with zero attached hydrogens (tertiary/aromatic N) is 2. The van der Waals surface area contributed by atoms with Crippen molar-refractivity contribution in [3.05, 3.63) is 18.5 Å². The van der Waals surface area contributed by atoms with E-state index in [1.165, 1.54) is 0 Å². The van der Waals surface area contributed by atoms with Crippen LogP contribution in [0.1, 0.15) is 20.3 Å². The minimum atomic E-state index is 0.336. The van der Waals surface area contributed by atoms with Gasteiger partial charge in [0.15, 0.2) is 0 Å². The van der Waals surface area contributed by atoms with Gasteiger partial charge in [0.25, 0.3) is 0 Å². The number of likely N-dealkylation sites (N-methyl/N-ethyl adjacent to an activating group) is 1. The Labute approximate surface area is 104 Å². The van der Waals surface area contributed by atoms with Crippen molar-refractivity contribution in [3.8, 4) is 0 Å². The monoisotopic (exact) mass is 237 g/mol. The van der Waals surface area contributed by atoms with Crippen LogP contribution < -0.4 is 10.2 Å². The lowest BCUT2D eigenvalue weighted by molar-refractivity contribution is 0.183. The predicted molar refractivity (Wildman–Crippen MR) is 72.8 cm³/mol. The van der Waals surface area contributed by atoms with Crippen LogP contribution in [0.15, 0.2) is 18.5 Å². The molecule has 0 spiro atoms. The van der Waals surface area contributed by atoms with Crippen LogP contribution in [0, 0.1) is 0 Å². The van der Waals surface area contributed by atoms with E-state index >= 15 is 0 Å². The summed E-state index contributed by atoms with van der Waals surface area (Å²) in [5.74, 6) is 0. The summed E-state index contributed by atoms with van der Waals surface area (Å²) in [4.78, 5) is 6.43. The lowest BCUT2D eigenvalue weighted by atomic mass is 10.2. The van der Waals surface area contributed by atoms with Crippen molar-refractivity contribution in [2.24, 2.45) is 0 Å². The highest BCUT2D eigenvalue weighted by Crippen LogP contribution is 2.18. The van der Waals surface area contributed by atoms with E-state index in [9.17, 15) is 0 Å². The molecule has 1 rings (SSSR count). The first-order chi connectivity index (χ1) is 8.19. The number of anilines is 2. The first-order valence-electron chi connectivity index (χ1n) is 6.09. The predicted octanol–water partition coefficient (Wildman–Crippen LogP) is 2.37. The highest BCUT2D eigenvalue weighted by Gasteiger charge is 2.10. The van der Waals surface area contributed by atoms with Crippen molar-refractivity contribution in [1.29, 1.82) is 0 Å². The summed E-state index contributed by atoms with van der Waals surface area (Å²) >= 11 is 0. The normalized spacial score (nSPS) is 12.2. The molecule has 0 saturated carbocycles. The number of methoxy groups -OCH3 is 1. The lowest BCUT2D eigenvalue weighted by Crippen LogP contribution is -2.32. The van der Waals surface area contributed by atoms with E-state index in [4.69, 9.17) is 4.74 Å². The van der Waals surface area contributed by atoms with Crippen molar-refractivity contribution < 1.29 is 4.74 Å². The zero-order valence-corrected chi connectivity index (χ0v) is 11.2. The highest BCUT2D eigenvalue weighted by atomic mass is 16.5. The molecule has 4 nitrogen and oxygen atoms in total. The van der Waals surface area contributed by atoms with Gasteiger partial charge in [0.1, 0.15) is 0 Å². The fourth-order valence-electron chi connectivity index (χ4n) is 1.59. The van der Waals surface area contributed by atoms with Gasteiger partial charge in [0, 0.05) is 26.7 Å². The standard InChI is InChI=1S/C13H23N3O/c1-5-6-15-12-7-13(9-14-8-12)16(3)11(2)10-17-4/h7-9,11,15H,5-6,10H2,1-4H3. The molecule has 0 bridgehead atoms. The maximum atomic E-state index is 5.16. The van der Waals surface area contributed by atoms with E-state index < -0.39 is 0 Å². The zero-order valence-electron chi connectivity index (χ0n) is 11.2. The van der Waals surface area contributed by atoms with Crippen molar-refractivity contribution >= 4 is 11.4 Å². The van der Waals surface area contributed by atoms with Crippen molar-refractivity contribution in [1.82, 2.24) is 4.98 Å². The number of rotatable bonds is 7. The van der Waals surface area contributed by atoms with Gasteiger partial charge in [0.2, 0.25) is 0 Å². The molecule has 1 heterocycles. The molecule has 0 aliphatic rings. The van der Waals surface area contributed by atoms with Gasteiger partial charge >= 0.3 is 0 Å². The molecule has 0 aliphatic heterocycles. The maximum absolute atomic E-state index is 5.16. The molecule has 0 aromatic carbocycles. The van der Waals surface area contributed by atoms with Gasteiger partial charge in [-0.05, 0) is 19.4 Å². The molecule has 96 valence electrons. The lowest BCUT2D eigenvalue weighted by Gasteiger charge is -2.26. The quantitative estimate of drug-likeness (QED) is 0.790. The molecule has 1 atom stereocenters. The van der Waals surface area contributed by atoms with Crippen LogP contribution in [0.5, 0.6) is 0 Å². The SMILES string of the molecule is CCCNc1cncc(N(C)C(C)COC)c1. The van der Waals surface area contributed by atoms with Crippen molar-refractivity contribution in [3.63, 3.8) is 0 Å². The minimum Gasteiger partial charge on any atom is -0.384 e. The maximum Gasteiger partial charge on any atom is 0.0663 e. The van der Waals surface area contributed by atoms with Gasteiger partial charge in [-0.2, -0.15) is 0 Å².